The molecular formula is C20H19ClN2O3S. The maximum absolute atomic E-state index is 12.6. The van der Waals surface area contributed by atoms with Gasteiger partial charge in [-0.1, -0.05) is 35.9 Å². The van der Waals surface area contributed by atoms with Crippen LogP contribution in [-0.4, -0.2) is 19.2 Å². The van der Waals surface area contributed by atoms with Crippen molar-refractivity contribution in [1.29, 1.82) is 0 Å². The highest BCUT2D eigenvalue weighted by Crippen LogP contribution is 2.34. The van der Waals surface area contributed by atoms with Crippen LogP contribution in [-0.2, 0) is 16.6 Å². The van der Waals surface area contributed by atoms with Gasteiger partial charge in [0.1, 0.15) is 11.5 Å². The monoisotopic (exact) mass is 402 g/mol. The largest absolute Gasteiger partial charge is 0.456 e. The van der Waals surface area contributed by atoms with Crippen LogP contribution in [0.4, 0.5) is 5.69 Å². The van der Waals surface area contributed by atoms with Crippen LogP contribution < -0.4 is 9.04 Å². The maximum Gasteiger partial charge on any atom is 0.235 e. The lowest BCUT2D eigenvalue weighted by Crippen LogP contribution is -2.32. The number of pyridine rings is 1. The van der Waals surface area contributed by atoms with Crippen LogP contribution >= 0.6 is 11.6 Å². The lowest BCUT2D eigenvalue weighted by molar-refractivity contribution is 0.483. The van der Waals surface area contributed by atoms with Gasteiger partial charge in [0.2, 0.25) is 10.0 Å². The van der Waals surface area contributed by atoms with E-state index in [0.717, 1.165) is 0 Å². The Morgan fingerprint density at radius 1 is 1.04 bits per heavy atom. The zero-order valence-electron chi connectivity index (χ0n) is 14.7. The van der Waals surface area contributed by atoms with Crippen LogP contribution in [0.3, 0.4) is 0 Å². The zero-order chi connectivity index (χ0) is 19.3. The van der Waals surface area contributed by atoms with E-state index < -0.39 is 10.0 Å². The molecule has 0 aliphatic carbocycles. The Labute approximate surface area is 164 Å². The molecule has 3 aromatic rings. The quantitative estimate of drug-likeness (QED) is 0.564. The van der Waals surface area contributed by atoms with E-state index in [-0.39, 0.29) is 12.3 Å². The minimum Gasteiger partial charge on any atom is -0.456 e. The van der Waals surface area contributed by atoms with Gasteiger partial charge in [-0.15, -0.1) is 0 Å². The molecule has 0 saturated heterocycles. The summed E-state index contributed by atoms with van der Waals surface area (Å²) in [4.78, 5) is 4.22. The Morgan fingerprint density at radius 3 is 2.41 bits per heavy atom. The fourth-order valence-corrected chi connectivity index (χ4v) is 3.78. The molecule has 0 atom stereocenters. The maximum atomic E-state index is 12.6. The summed E-state index contributed by atoms with van der Waals surface area (Å²) in [6.45, 7) is 1.74. The number of ether oxygens (including phenoxy) is 1. The number of hydrogen-bond donors (Lipinski definition) is 0. The molecule has 0 aliphatic rings. The van der Waals surface area contributed by atoms with Crippen molar-refractivity contribution in [3.8, 4) is 11.5 Å². The van der Waals surface area contributed by atoms with E-state index in [1.54, 1.807) is 43.5 Å². The van der Waals surface area contributed by atoms with Gasteiger partial charge < -0.3 is 4.74 Å². The number of benzene rings is 2. The summed E-state index contributed by atoms with van der Waals surface area (Å²) < 4.78 is 32.3. The van der Waals surface area contributed by atoms with E-state index in [1.165, 1.54) is 4.31 Å². The van der Waals surface area contributed by atoms with Gasteiger partial charge in [-0.25, -0.2) is 8.42 Å². The number of nitrogens with zero attached hydrogens (tertiary/aromatic N) is 2. The highest BCUT2D eigenvalue weighted by molar-refractivity contribution is 7.92. The summed E-state index contributed by atoms with van der Waals surface area (Å²) in [6.07, 6.45) is 1.63. The number of rotatable bonds is 7. The molecule has 1 heterocycles. The predicted octanol–water partition coefficient (Wildman–Crippen LogP) is 4.88. The Morgan fingerprint density at radius 2 is 1.78 bits per heavy atom. The zero-order valence-corrected chi connectivity index (χ0v) is 16.3. The van der Waals surface area contributed by atoms with Crippen LogP contribution in [0.2, 0.25) is 5.02 Å². The van der Waals surface area contributed by atoms with Gasteiger partial charge in [0.15, 0.2) is 0 Å². The third-order valence-electron chi connectivity index (χ3n) is 3.91. The first kappa shape index (κ1) is 19.2. The van der Waals surface area contributed by atoms with Gasteiger partial charge in [0, 0.05) is 6.20 Å². The molecule has 0 amide bonds. The fourth-order valence-electron chi connectivity index (χ4n) is 2.49. The average molecular weight is 403 g/mol. The number of anilines is 1. The number of aromatic nitrogens is 1. The Hall–Kier alpha value is -2.57. The molecule has 27 heavy (non-hydrogen) atoms. The minimum atomic E-state index is -3.51. The number of hydrogen-bond acceptors (Lipinski definition) is 4. The summed E-state index contributed by atoms with van der Waals surface area (Å²) in [5.74, 6) is 1.08. The van der Waals surface area contributed by atoms with E-state index >= 15 is 0 Å². The van der Waals surface area contributed by atoms with Crippen molar-refractivity contribution in [2.75, 3.05) is 10.1 Å². The SMILES string of the molecule is CCS(=O)(=O)N(Cc1ccccn1)c1ccc(Oc2ccccc2)c(Cl)c1. The lowest BCUT2D eigenvalue weighted by atomic mass is 10.2. The van der Waals surface area contributed by atoms with Gasteiger partial charge in [-0.2, -0.15) is 0 Å². The van der Waals surface area contributed by atoms with Crippen molar-refractivity contribution in [3.63, 3.8) is 0 Å². The molecule has 0 fully saturated rings. The van der Waals surface area contributed by atoms with Crippen molar-refractivity contribution >= 4 is 27.3 Å². The average Bonchev–Trinajstić information content (AvgIpc) is 2.69. The van der Waals surface area contributed by atoms with E-state index in [9.17, 15) is 8.42 Å². The summed E-state index contributed by atoms with van der Waals surface area (Å²) in [7, 11) is -3.51. The van der Waals surface area contributed by atoms with Gasteiger partial charge in [0.25, 0.3) is 0 Å². The fraction of sp³-hybridized carbons (Fsp3) is 0.150. The van der Waals surface area contributed by atoms with Crippen molar-refractivity contribution in [2.24, 2.45) is 0 Å². The second kappa shape index (κ2) is 8.41. The molecule has 3 rings (SSSR count). The Bertz CT molecular complexity index is 996. The Kier molecular flexibility index (Phi) is 5.98. The summed E-state index contributed by atoms with van der Waals surface area (Å²) in [5, 5.41) is 0.327. The summed E-state index contributed by atoms with van der Waals surface area (Å²) >= 11 is 6.36. The van der Waals surface area contributed by atoms with Crippen LogP contribution in [0.1, 0.15) is 12.6 Å². The number of halogens is 1. The van der Waals surface area contributed by atoms with E-state index in [1.807, 2.05) is 36.4 Å². The van der Waals surface area contributed by atoms with Crippen molar-refractivity contribution in [2.45, 2.75) is 13.5 Å². The minimum absolute atomic E-state index is 0.0281. The van der Waals surface area contributed by atoms with Crippen LogP contribution in [0.15, 0.2) is 72.9 Å². The molecule has 0 aliphatic heterocycles. The molecule has 0 N–H and O–H groups in total. The van der Waals surface area contributed by atoms with Gasteiger partial charge >= 0.3 is 0 Å². The van der Waals surface area contributed by atoms with E-state index in [0.29, 0.717) is 27.9 Å². The second-order valence-electron chi connectivity index (χ2n) is 5.76. The van der Waals surface area contributed by atoms with Crippen LogP contribution in [0.5, 0.6) is 11.5 Å². The molecule has 0 radical (unpaired) electrons. The highest BCUT2D eigenvalue weighted by atomic mass is 35.5. The number of para-hydroxylation sites is 1. The van der Waals surface area contributed by atoms with E-state index in [4.69, 9.17) is 16.3 Å². The second-order valence-corrected chi connectivity index (χ2v) is 8.35. The van der Waals surface area contributed by atoms with Gasteiger partial charge in [-0.3, -0.25) is 9.29 Å². The Balaban J connectivity index is 1.91. The molecule has 7 heteroatoms. The van der Waals surface area contributed by atoms with Crippen molar-refractivity contribution in [1.82, 2.24) is 4.98 Å². The normalized spacial score (nSPS) is 11.2. The van der Waals surface area contributed by atoms with E-state index in [2.05, 4.69) is 4.98 Å². The van der Waals surface area contributed by atoms with Gasteiger partial charge in [0.05, 0.1) is 28.7 Å². The lowest BCUT2D eigenvalue weighted by Gasteiger charge is -2.24. The first-order valence-corrected chi connectivity index (χ1v) is 10.4. The third-order valence-corrected chi connectivity index (χ3v) is 5.94. The smallest absolute Gasteiger partial charge is 0.235 e. The molecule has 5 nitrogen and oxygen atoms in total. The molecular weight excluding hydrogens is 384 g/mol. The van der Waals surface area contributed by atoms with Gasteiger partial charge in [-0.05, 0) is 49.4 Å². The van der Waals surface area contributed by atoms with Crippen molar-refractivity contribution in [3.05, 3.63) is 83.6 Å². The standard InChI is InChI=1S/C20H19ClN2O3S/c1-2-27(24,25)23(15-16-8-6-7-13-22-16)17-11-12-20(19(21)14-17)26-18-9-4-3-5-10-18/h3-14H,2,15H2,1H3. The molecule has 1 aromatic heterocycles. The molecule has 0 spiro atoms. The highest BCUT2D eigenvalue weighted by Gasteiger charge is 2.22. The predicted molar refractivity (Wildman–Crippen MR) is 108 cm³/mol. The first-order chi connectivity index (χ1) is 13.0. The molecule has 2 aromatic carbocycles. The van der Waals surface area contributed by atoms with Crippen molar-refractivity contribution < 1.29 is 13.2 Å². The summed E-state index contributed by atoms with van der Waals surface area (Å²) in [5.41, 5.74) is 1.11. The van der Waals surface area contributed by atoms with Crippen LogP contribution in [0, 0.1) is 0 Å². The summed E-state index contributed by atoms with van der Waals surface area (Å²) in [6, 6.07) is 19.6. The molecule has 0 unspecified atom stereocenters. The molecule has 140 valence electrons. The first-order valence-electron chi connectivity index (χ1n) is 8.42. The number of sulfonamides is 1. The third kappa shape index (κ3) is 4.78. The topological polar surface area (TPSA) is 59.5 Å². The van der Waals surface area contributed by atoms with Crippen LogP contribution in [0.25, 0.3) is 0 Å². The molecule has 0 bridgehead atoms. The molecule has 0 saturated carbocycles.